The number of amides is 1. The SMILES string of the molecule is CCNC(=O)OCC(Br)CBr. The Balaban J connectivity index is 3.30. The monoisotopic (exact) mass is 287 g/mol. The summed E-state index contributed by atoms with van der Waals surface area (Å²) in [6.45, 7) is 2.83. The molecular formula is C6H11Br2NO2. The third-order valence-electron chi connectivity index (χ3n) is 0.884. The van der Waals surface area contributed by atoms with Crippen LogP contribution in [-0.4, -0.2) is 29.4 Å². The molecule has 3 nitrogen and oxygen atoms in total. The van der Waals surface area contributed by atoms with Crippen molar-refractivity contribution < 1.29 is 9.53 Å². The largest absolute Gasteiger partial charge is 0.448 e. The van der Waals surface area contributed by atoms with Gasteiger partial charge in [-0.05, 0) is 6.92 Å². The zero-order valence-corrected chi connectivity index (χ0v) is 9.44. The number of ether oxygens (including phenoxy) is 1. The normalized spacial score (nSPS) is 12.3. The van der Waals surface area contributed by atoms with Crippen LogP contribution in [0.4, 0.5) is 4.79 Å². The average molecular weight is 289 g/mol. The summed E-state index contributed by atoms with van der Waals surface area (Å²) >= 11 is 6.55. The number of alkyl carbamates (subject to hydrolysis) is 1. The van der Waals surface area contributed by atoms with E-state index in [0.29, 0.717) is 13.2 Å². The van der Waals surface area contributed by atoms with Crippen molar-refractivity contribution in [2.75, 3.05) is 18.5 Å². The second-order valence-electron chi connectivity index (χ2n) is 1.88. The summed E-state index contributed by atoms with van der Waals surface area (Å²) in [6.07, 6.45) is -0.363. The molecule has 0 spiro atoms. The molecule has 0 aliphatic rings. The molecule has 0 aliphatic carbocycles. The lowest BCUT2D eigenvalue weighted by molar-refractivity contribution is 0.149. The molecule has 1 unspecified atom stereocenters. The molecule has 1 amide bonds. The standard InChI is InChI=1S/C6H11Br2NO2/c1-2-9-6(10)11-4-5(8)3-7/h5H,2-4H2,1H3,(H,9,10). The van der Waals surface area contributed by atoms with E-state index in [1.807, 2.05) is 6.92 Å². The number of nitrogens with one attached hydrogen (secondary N) is 1. The van der Waals surface area contributed by atoms with Gasteiger partial charge in [-0.3, -0.25) is 0 Å². The van der Waals surface area contributed by atoms with Crippen LogP contribution in [0.25, 0.3) is 0 Å². The maximum atomic E-state index is 10.7. The first-order valence-corrected chi connectivity index (χ1v) is 5.35. The van der Waals surface area contributed by atoms with Gasteiger partial charge in [0.2, 0.25) is 0 Å². The van der Waals surface area contributed by atoms with Gasteiger partial charge in [0.1, 0.15) is 6.61 Å². The fourth-order valence-corrected chi connectivity index (χ4v) is 0.725. The van der Waals surface area contributed by atoms with Gasteiger partial charge < -0.3 is 10.1 Å². The lowest BCUT2D eigenvalue weighted by Crippen LogP contribution is -2.26. The van der Waals surface area contributed by atoms with Gasteiger partial charge >= 0.3 is 6.09 Å². The molecule has 0 aromatic carbocycles. The first-order chi connectivity index (χ1) is 5.20. The Morgan fingerprint density at radius 1 is 1.73 bits per heavy atom. The molecule has 0 bridgehead atoms. The van der Waals surface area contributed by atoms with Crippen LogP contribution in [-0.2, 0) is 4.74 Å². The summed E-state index contributed by atoms with van der Waals surface area (Å²) in [6, 6.07) is 0. The van der Waals surface area contributed by atoms with Gasteiger partial charge in [0, 0.05) is 11.9 Å². The van der Waals surface area contributed by atoms with Crippen molar-refractivity contribution in [1.29, 1.82) is 0 Å². The van der Waals surface area contributed by atoms with Crippen molar-refractivity contribution in [1.82, 2.24) is 5.32 Å². The second-order valence-corrected chi connectivity index (χ2v) is 3.82. The second kappa shape index (κ2) is 6.91. The number of hydrogen-bond donors (Lipinski definition) is 1. The maximum Gasteiger partial charge on any atom is 0.407 e. The van der Waals surface area contributed by atoms with Crippen molar-refractivity contribution in [3.63, 3.8) is 0 Å². The van der Waals surface area contributed by atoms with Gasteiger partial charge in [-0.2, -0.15) is 0 Å². The van der Waals surface area contributed by atoms with Crippen LogP contribution in [0.15, 0.2) is 0 Å². The molecule has 0 fully saturated rings. The Bertz CT molecular complexity index is 121. The highest BCUT2D eigenvalue weighted by atomic mass is 79.9. The highest BCUT2D eigenvalue weighted by Crippen LogP contribution is 2.03. The molecule has 1 atom stereocenters. The van der Waals surface area contributed by atoms with Crippen LogP contribution in [0.3, 0.4) is 0 Å². The predicted octanol–water partition coefficient (Wildman–Crippen LogP) is 1.89. The Morgan fingerprint density at radius 3 is 2.82 bits per heavy atom. The molecule has 0 saturated heterocycles. The Kier molecular flexibility index (Phi) is 7.06. The number of carbonyl (C=O) groups is 1. The molecular weight excluding hydrogens is 278 g/mol. The number of rotatable bonds is 4. The van der Waals surface area contributed by atoms with Gasteiger partial charge in [0.05, 0.1) is 4.83 Å². The van der Waals surface area contributed by atoms with Gasteiger partial charge in [-0.1, -0.05) is 31.9 Å². The molecule has 1 N–H and O–H groups in total. The Morgan fingerprint density at radius 2 is 2.36 bits per heavy atom. The number of alkyl halides is 2. The van der Waals surface area contributed by atoms with Gasteiger partial charge in [0.25, 0.3) is 0 Å². The van der Waals surface area contributed by atoms with Crippen LogP contribution in [0.5, 0.6) is 0 Å². The first kappa shape index (κ1) is 11.2. The van der Waals surface area contributed by atoms with Crippen LogP contribution in [0.2, 0.25) is 0 Å². The summed E-state index contributed by atoms with van der Waals surface area (Å²) in [5, 5.41) is 3.30. The minimum absolute atomic E-state index is 0.185. The van der Waals surface area contributed by atoms with E-state index in [0.717, 1.165) is 5.33 Å². The van der Waals surface area contributed by atoms with Crippen molar-refractivity contribution in [3.05, 3.63) is 0 Å². The minimum Gasteiger partial charge on any atom is -0.448 e. The Labute approximate surface area is 83.1 Å². The lowest BCUT2D eigenvalue weighted by atomic mass is 10.5. The third-order valence-corrected chi connectivity index (χ3v) is 3.12. The molecule has 0 aromatic heterocycles. The molecule has 0 heterocycles. The quantitative estimate of drug-likeness (QED) is 0.803. The van der Waals surface area contributed by atoms with Crippen molar-refractivity contribution >= 4 is 38.0 Å². The fraction of sp³-hybridized carbons (Fsp3) is 0.833. The van der Waals surface area contributed by atoms with Crippen molar-refractivity contribution in [3.8, 4) is 0 Å². The van der Waals surface area contributed by atoms with E-state index in [-0.39, 0.29) is 10.9 Å². The summed E-state index contributed by atoms with van der Waals surface area (Å²) in [5.41, 5.74) is 0. The number of carbonyl (C=O) groups excluding carboxylic acids is 1. The highest BCUT2D eigenvalue weighted by molar-refractivity contribution is 9.12. The topological polar surface area (TPSA) is 38.3 Å². The molecule has 0 rings (SSSR count). The number of halogens is 2. The van der Waals surface area contributed by atoms with Gasteiger partial charge in [-0.25, -0.2) is 4.79 Å². The van der Waals surface area contributed by atoms with Gasteiger partial charge in [-0.15, -0.1) is 0 Å². The average Bonchev–Trinajstić information content (AvgIpc) is 2.01. The van der Waals surface area contributed by atoms with Crippen LogP contribution in [0, 0.1) is 0 Å². The minimum atomic E-state index is -0.363. The van der Waals surface area contributed by atoms with E-state index in [2.05, 4.69) is 37.2 Å². The fourth-order valence-electron chi connectivity index (χ4n) is 0.406. The maximum absolute atomic E-state index is 10.7. The highest BCUT2D eigenvalue weighted by Gasteiger charge is 2.05. The van der Waals surface area contributed by atoms with E-state index in [1.54, 1.807) is 0 Å². The lowest BCUT2D eigenvalue weighted by Gasteiger charge is -2.07. The zero-order valence-electron chi connectivity index (χ0n) is 6.27. The molecule has 5 heteroatoms. The van der Waals surface area contributed by atoms with E-state index < -0.39 is 0 Å². The summed E-state index contributed by atoms with van der Waals surface area (Å²) in [5.74, 6) is 0. The van der Waals surface area contributed by atoms with Crippen LogP contribution < -0.4 is 5.32 Å². The molecule has 0 aliphatic heterocycles. The van der Waals surface area contributed by atoms with E-state index in [4.69, 9.17) is 4.74 Å². The number of hydrogen-bond acceptors (Lipinski definition) is 2. The van der Waals surface area contributed by atoms with Crippen molar-refractivity contribution in [2.45, 2.75) is 11.8 Å². The molecule has 11 heavy (non-hydrogen) atoms. The zero-order chi connectivity index (χ0) is 8.69. The summed E-state index contributed by atoms with van der Waals surface area (Å²) in [7, 11) is 0. The van der Waals surface area contributed by atoms with Gasteiger partial charge in [0.15, 0.2) is 0 Å². The predicted molar refractivity (Wildman–Crippen MR) is 51.5 cm³/mol. The first-order valence-electron chi connectivity index (χ1n) is 3.31. The van der Waals surface area contributed by atoms with E-state index in [9.17, 15) is 4.79 Å². The summed E-state index contributed by atoms with van der Waals surface area (Å²) < 4.78 is 4.81. The summed E-state index contributed by atoms with van der Waals surface area (Å²) in [4.78, 5) is 10.9. The third kappa shape index (κ3) is 6.62. The van der Waals surface area contributed by atoms with E-state index in [1.165, 1.54) is 0 Å². The molecule has 0 saturated carbocycles. The van der Waals surface area contributed by atoms with Crippen molar-refractivity contribution in [2.24, 2.45) is 0 Å². The molecule has 0 radical (unpaired) electrons. The molecule has 0 aromatic rings. The van der Waals surface area contributed by atoms with Crippen LogP contribution in [0.1, 0.15) is 6.92 Å². The smallest absolute Gasteiger partial charge is 0.407 e. The molecule has 66 valence electrons. The van der Waals surface area contributed by atoms with Crippen LogP contribution >= 0.6 is 31.9 Å². The Hall–Kier alpha value is 0.230. The van der Waals surface area contributed by atoms with E-state index >= 15 is 0 Å².